The highest BCUT2D eigenvalue weighted by atomic mass is 32.2. The SMILES string of the molecule is O=S(=O)(CCc1ccc(F)c(OC(F)(F)F)c1)c1ccc(S(=O)(=O)Nc2ncc(F)s2)cc1. The van der Waals surface area contributed by atoms with E-state index in [1.165, 1.54) is 0 Å². The maximum Gasteiger partial charge on any atom is 0.573 e. The molecular formula is C18H13F5N2O5S3. The molecule has 0 saturated heterocycles. The summed E-state index contributed by atoms with van der Waals surface area (Å²) in [5, 5.41) is -0.912. The van der Waals surface area contributed by atoms with Gasteiger partial charge in [-0.05, 0) is 48.4 Å². The molecule has 0 atom stereocenters. The Morgan fingerprint density at radius 3 is 2.18 bits per heavy atom. The maximum absolute atomic E-state index is 13.5. The van der Waals surface area contributed by atoms with Gasteiger partial charge in [0, 0.05) is 0 Å². The molecule has 1 heterocycles. The van der Waals surface area contributed by atoms with Gasteiger partial charge in [-0.1, -0.05) is 17.4 Å². The Balaban J connectivity index is 1.71. The maximum atomic E-state index is 13.5. The molecule has 7 nitrogen and oxygen atoms in total. The molecule has 0 aliphatic heterocycles. The highest BCUT2D eigenvalue weighted by Crippen LogP contribution is 2.27. The molecule has 0 bridgehead atoms. The standard InChI is InChI=1S/C18H13F5N2O5S3/c19-14-6-1-11(9-15(14)30-18(21,22)23)7-8-32(26,27)12-2-4-13(5-3-12)33(28,29)25-17-24-10-16(20)31-17/h1-6,9-10H,7-8H2,(H,24,25). The third-order valence-electron chi connectivity index (χ3n) is 4.07. The van der Waals surface area contributed by atoms with E-state index in [1.807, 2.05) is 0 Å². The molecule has 0 unspecified atom stereocenters. The number of sulfone groups is 1. The van der Waals surface area contributed by atoms with Crippen LogP contribution in [0.5, 0.6) is 5.75 Å². The van der Waals surface area contributed by atoms with E-state index in [1.54, 1.807) is 0 Å². The molecule has 178 valence electrons. The lowest BCUT2D eigenvalue weighted by atomic mass is 10.1. The summed E-state index contributed by atoms with van der Waals surface area (Å²) in [6.45, 7) is 0. The summed E-state index contributed by atoms with van der Waals surface area (Å²) in [6, 6.07) is 6.71. The fourth-order valence-electron chi connectivity index (χ4n) is 2.58. The fraction of sp³-hybridized carbons (Fsp3) is 0.167. The number of aromatic nitrogens is 1. The molecule has 1 N–H and O–H groups in total. The molecular weight excluding hydrogens is 515 g/mol. The van der Waals surface area contributed by atoms with Gasteiger partial charge in [0.25, 0.3) is 10.0 Å². The van der Waals surface area contributed by atoms with Gasteiger partial charge >= 0.3 is 6.36 Å². The lowest BCUT2D eigenvalue weighted by Gasteiger charge is -2.11. The van der Waals surface area contributed by atoms with Crippen LogP contribution in [0.15, 0.2) is 58.5 Å². The van der Waals surface area contributed by atoms with Crippen molar-refractivity contribution in [1.82, 2.24) is 4.98 Å². The summed E-state index contributed by atoms with van der Waals surface area (Å²) in [6.07, 6.45) is -4.54. The summed E-state index contributed by atoms with van der Waals surface area (Å²) in [7, 11) is -8.11. The molecule has 0 spiro atoms. The number of sulfonamides is 1. The minimum Gasteiger partial charge on any atom is -0.403 e. The highest BCUT2D eigenvalue weighted by Gasteiger charge is 2.32. The van der Waals surface area contributed by atoms with Gasteiger partial charge in [0.1, 0.15) is 0 Å². The molecule has 0 aliphatic carbocycles. The van der Waals surface area contributed by atoms with Gasteiger partial charge in [0.15, 0.2) is 31.7 Å². The molecule has 0 fully saturated rings. The second-order valence-corrected chi connectivity index (χ2v) is 11.2. The molecule has 0 amide bonds. The first-order valence-electron chi connectivity index (χ1n) is 8.76. The van der Waals surface area contributed by atoms with Crippen LogP contribution in [0.3, 0.4) is 0 Å². The monoisotopic (exact) mass is 528 g/mol. The minimum absolute atomic E-state index is 0.0818. The zero-order chi connectivity index (χ0) is 24.4. The number of halogens is 5. The van der Waals surface area contributed by atoms with Crippen LogP contribution in [0.4, 0.5) is 27.1 Å². The Morgan fingerprint density at radius 1 is 0.970 bits per heavy atom. The van der Waals surface area contributed by atoms with Crippen LogP contribution < -0.4 is 9.46 Å². The molecule has 0 aliphatic rings. The number of rotatable bonds is 8. The quantitative estimate of drug-likeness (QED) is 0.441. The Labute approximate surface area is 188 Å². The number of thiazole rings is 1. The van der Waals surface area contributed by atoms with Crippen molar-refractivity contribution >= 4 is 36.3 Å². The molecule has 3 aromatic rings. The van der Waals surface area contributed by atoms with Gasteiger partial charge in [-0.15, -0.1) is 13.2 Å². The number of alkyl halides is 3. The zero-order valence-electron chi connectivity index (χ0n) is 16.1. The second kappa shape index (κ2) is 9.23. The van der Waals surface area contributed by atoms with Crippen molar-refractivity contribution in [3.8, 4) is 5.75 Å². The van der Waals surface area contributed by atoms with Gasteiger partial charge in [-0.2, -0.15) is 4.39 Å². The summed E-state index contributed by atoms with van der Waals surface area (Å²) < 4.78 is 119. The average molecular weight is 529 g/mol. The topological polar surface area (TPSA) is 102 Å². The van der Waals surface area contributed by atoms with Gasteiger partial charge < -0.3 is 4.74 Å². The number of aryl methyl sites for hydroxylation is 1. The van der Waals surface area contributed by atoms with E-state index in [0.29, 0.717) is 11.3 Å². The third-order valence-corrected chi connectivity index (χ3v) is 7.99. The largest absolute Gasteiger partial charge is 0.573 e. The zero-order valence-corrected chi connectivity index (χ0v) is 18.6. The van der Waals surface area contributed by atoms with Crippen molar-refractivity contribution in [3.63, 3.8) is 0 Å². The molecule has 33 heavy (non-hydrogen) atoms. The van der Waals surface area contributed by atoms with Crippen LogP contribution in [0.1, 0.15) is 5.56 Å². The number of ether oxygens (including phenoxy) is 1. The molecule has 15 heteroatoms. The molecule has 1 aromatic heterocycles. The Morgan fingerprint density at radius 2 is 1.61 bits per heavy atom. The van der Waals surface area contributed by atoms with E-state index in [4.69, 9.17) is 0 Å². The van der Waals surface area contributed by atoms with Crippen LogP contribution in [-0.2, 0) is 26.3 Å². The lowest BCUT2D eigenvalue weighted by molar-refractivity contribution is -0.275. The first-order valence-corrected chi connectivity index (χ1v) is 12.7. The predicted octanol–water partition coefficient (Wildman–Crippen LogP) is 4.14. The summed E-state index contributed by atoms with van der Waals surface area (Å²) in [4.78, 5) is 2.99. The van der Waals surface area contributed by atoms with Crippen molar-refractivity contribution in [2.45, 2.75) is 22.6 Å². The number of benzene rings is 2. The van der Waals surface area contributed by atoms with Crippen LogP contribution in [-0.4, -0.2) is 33.9 Å². The van der Waals surface area contributed by atoms with E-state index in [2.05, 4.69) is 14.4 Å². The van der Waals surface area contributed by atoms with Crippen molar-refractivity contribution in [2.24, 2.45) is 0 Å². The van der Waals surface area contributed by atoms with E-state index >= 15 is 0 Å². The second-order valence-electron chi connectivity index (χ2n) is 6.43. The predicted molar refractivity (Wildman–Crippen MR) is 108 cm³/mol. The van der Waals surface area contributed by atoms with Gasteiger partial charge in [0.2, 0.25) is 0 Å². The van der Waals surface area contributed by atoms with Crippen LogP contribution in [0.25, 0.3) is 0 Å². The number of hydrogen-bond acceptors (Lipinski definition) is 7. The van der Waals surface area contributed by atoms with Crippen molar-refractivity contribution in [1.29, 1.82) is 0 Å². The lowest BCUT2D eigenvalue weighted by Crippen LogP contribution is -2.18. The van der Waals surface area contributed by atoms with Gasteiger partial charge in [-0.25, -0.2) is 26.2 Å². The van der Waals surface area contributed by atoms with Crippen molar-refractivity contribution < 1.29 is 43.5 Å². The first kappa shape index (κ1) is 24.9. The van der Waals surface area contributed by atoms with Crippen LogP contribution in [0, 0.1) is 10.9 Å². The van der Waals surface area contributed by atoms with Crippen LogP contribution >= 0.6 is 11.3 Å². The highest BCUT2D eigenvalue weighted by molar-refractivity contribution is 7.93. The van der Waals surface area contributed by atoms with E-state index in [-0.39, 0.29) is 26.9 Å². The van der Waals surface area contributed by atoms with Crippen molar-refractivity contribution in [3.05, 3.63) is 65.2 Å². The van der Waals surface area contributed by atoms with E-state index in [9.17, 15) is 38.8 Å². The number of hydrogen-bond donors (Lipinski definition) is 1. The van der Waals surface area contributed by atoms with Crippen LogP contribution in [0.2, 0.25) is 0 Å². The Kier molecular flexibility index (Phi) is 6.95. The van der Waals surface area contributed by atoms with Crippen molar-refractivity contribution in [2.75, 3.05) is 10.5 Å². The minimum atomic E-state index is -5.11. The van der Waals surface area contributed by atoms with Gasteiger partial charge in [-0.3, -0.25) is 4.72 Å². The number of nitrogens with zero attached hydrogens (tertiary/aromatic N) is 1. The summed E-state index contributed by atoms with van der Waals surface area (Å²) in [5.74, 6) is -2.89. The smallest absolute Gasteiger partial charge is 0.403 e. The number of anilines is 1. The average Bonchev–Trinajstić information content (AvgIpc) is 3.11. The van der Waals surface area contributed by atoms with E-state index < -0.39 is 48.7 Å². The Bertz CT molecular complexity index is 1350. The summed E-state index contributed by atoms with van der Waals surface area (Å²) >= 11 is 0.467. The molecule has 0 radical (unpaired) electrons. The molecule has 3 rings (SSSR count). The van der Waals surface area contributed by atoms with E-state index in [0.717, 1.165) is 48.7 Å². The summed E-state index contributed by atoms with van der Waals surface area (Å²) in [5.41, 5.74) is 0.0818. The first-order chi connectivity index (χ1) is 15.2. The third kappa shape index (κ3) is 6.61. The fourth-order valence-corrected chi connectivity index (χ4v) is 5.65. The van der Waals surface area contributed by atoms with Gasteiger partial charge in [0.05, 0.1) is 21.7 Å². The molecule has 2 aromatic carbocycles. The molecule has 0 saturated carbocycles. The normalized spacial score (nSPS) is 12.5. The number of nitrogens with one attached hydrogen (secondary N) is 1. The Hall–Kier alpha value is -2.78.